The van der Waals surface area contributed by atoms with Crippen LogP contribution in [0, 0.1) is 19.8 Å². The van der Waals surface area contributed by atoms with E-state index in [-0.39, 0.29) is 0 Å². The van der Waals surface area contributed by atoms with Gasteiger partial charge < -0.3 is 10.1 Å². The molecule has 0 amide bonds. The van der Waals surface area contributed by atoms with Gasteiger partial charge in [0.25, 0.3) is 0 Å². The number of rotatable bonds is 6. The van der Waals surface area contributed by atoms with Crippen LogP contribution in [0.5, 0.6) is 0 Å². The van der Waals surface area contributed by atoms with Crippen LogP contribution in [0.15, 0.2) is 0 Å². The summed E-state index contributed by atoms with van der Waals surface area (Å²) >= 11 is 0. The molecule has 0 aromatic carbocycles. The van der Waals surface area contributed by atoms with Crippen LogP contribution >= 0.6 is 0 Å². The Bertz CT molecular complexity index is 301. The summed E-state index contributed by atoms with van der Waals surface area (Å²) in [5.41, 5.74) is 3.48. The maximum Gasteiger partial charge on any atom is 0.0638 e. The molecule has 0 saturated carbocycles. The molecule has 0 bridgehead atoms. The van der Waals surface area contributed by atoms with Gasteiger partial charge in [-0.25, -0.2) is 0 Å². The minimum atomic E-state index is 0.388. The summed E-state index contributed by atoms with van der Waals surface area (Å²) in [5, 5.41) is 10.7. The molecular formula is C12H23N3O. The highest BCUT2D eigenvalue weighted by Gasteiger charge is 2.14. The molecule has 1 atom stereocenters. The fraction of sp³-hybridized carbons (Fsp3) is 0.750. The van der Waals surface area contributed by atoms with E-state index in [2.05, 4.69) is 36.3 Å². The first-order chi connectivity index (χ1) is 7.56. The van der Waals surface area contributed by atoms with Crippen LogP contribution in [0.3, 0.4) is 0 Å². The highest BCUT2D eigenvalue weighted by molar-refractivity contribution is 5.22. The van der Waals surface area contributed by atoms with Gasteiger partial charge in [0.05, 0.1) is 12.3 Å². The number of H-pyrrole nitrogens is 1. The maximum absolute atomic E-state index is 5.21. The summed E-state index contributed by atoms with van der Waals surface area (Å²) in [5.74, 6) is 0.562. The molecule has 1 rings (SSSR count). The third-order valence-electron chi connectivity index (χ3n) is 2.97. The molecule has 0 aliphatic carbocycles. The fourth-order valence-electron chi connectivity index (χ4n) is 1.73. The number of nitrogens with zero attached hydrogens (tertiary/aromatic N) is 1. The summed E-state index contributed by atoms with van der Waals surface area (Å²) in [4.78, 5) is 0. The van der Waals surface area contributed by atoms with E-state index in [9.17, 15) is 0 Å². The molecule has 1 aromatic heterocycles. The molecule has 1 heterocycles. The van der Waals surface area contributed by atoms with Gasteiger partial charge in [0.15, 0.2) is 0 Å². The number of ether oxygens (including phenoxy) is 1. The van der Waals surface area contributed by atoms with Crippen molar-refractivity contribution in [3.8, 4) is 0 Å². The smallest absolute Gasteiger partial charge is 0.0638 e. The lowest BCUT2D eigenvalue weighted by Crippen LogP contribution is -2.37. The average molecular weight is 225 g/mol. The van der Waals surface area contributed by atoms with Gasteiger partial charge in [0.1, 0.15) is 0 Å². The summed E-state index contributed by atoms with van der Waals surface area (Å²) in [7, 11) is 1.74. The van der Waals surface area contributed by atoms with E-state index >= 15 is 0 Å². The normalized spacial score (nSPS) is 13.4. The van der Waals surface area contributed by atoms with E-state index in [0.717, 1.165) is 24.5 Å². The van der Waals surface area contributed by atoms with E-state index < -0.39 is 0 Å². The standard InChI is InChI=1S/C12H23N3O/c1-8(2)12(7-16-5)13-6-11-9(3)14-15-10(11)4/h8,12-13H,6-7H2,1-5H3,(H,14,15). The largest absolute Gasteiger partial charge is 0.383 e. The van der Waals surface area contributed by atoms with Gasteiger partial charge in [-0.05, 0) is 19.8 Å². The summed E-state index contributed by atoms with van der Waals surface area (Å²) < 4.78 is 5.21. The molecule has 16 heavy (non-hydrogen) atoms. The minimum Gasteiger partial charge on any atom is -0.383 e. The van der Waals surface area contributed by atoms with Gasteiger partial charge in [-0.15, -0.1) is 0 Å². The third kappa shape index (κ3) is 3.32. The molecule has 0 aliphatic heterocycles. The lowest BCUT2D eigenvalue weighted by atomic mass is 10.0. The molecule has 0 fully saturated rings. The minimum absolute atomic E-state index is 0.388. The first-order valence-corrected chi connectivity index (χ1v) is 5.79. The van der Waals surface area contributed by atoms with Crippen LogP contribution < -0.4 is 5.32 Å². The van der Waals surface area contributed by atoms with Gasteiger partial charge in [0.2, 0.25) is 0 Å². The summed E-state index contributed by atoms with van der Waals surface area (Å²) in [6.07, 6.45) is 0. The fourth-order valence-corrected chi connectivity index (χ4v) is 1.73. The zero-order chi connectivity index (χ0) is 12.1. The van der Waals surface area contributed by atoms with Crippen LogP contribution in [0.2, 0.25) is 0 Å². The van der Waals surface area contributed by atoms with E-state index in [4.69, 9.17) is 4.74 Å². The van der Waals surface area contributed by atoms with Crippen LogP contribution in [0.1, 0.15) is 30.8 Å². The predicted molar refractivity (Wildman–Crippen MR) is 65.4 cm³/mol. The Morgan fingerprint density at radius 1 is 1.38 bits per heavy atom. The Morgan fingerprint density at radius 2 is 2.06 bits per heavy atom. The molecule has 2 N–H and O–H groups in total. The summed E-state index contributed by atoms with van der Waals surface area (Å²) in [6.45, 7) is 10.1. The molecule has 0 radical (unpaired) electrons. The van der Waals surface area contributed by atoms with Gasteiger partial charge in [0, 0.05) is 31.0 Å². The second-order valence-corrected chi connectivity index (χ2v) is 4.60. The number of nitrogens with one attached hydrogen (secondary N) is 2. The zero-order valence-electron chi connectivity index (χ0n) is 10.9. The Labute approximate surface area is 97.8 Å². The molecule has 1 unspecified atom stereocenters. The first-order valence-electron chi connectivity index (χ1n) is 5.79. The van der Waals surface area contributed by atoms with Gasteiger partial charge in [-0.3, -0.25) is 5.10 Å². The third-order valence-corrected chi connectivity index (χ3v) is 2.97. The molecule has 1 aromatic rings. The molecule has 4 nitrogen and oxygen atoms in total. The average Bonchev–Trinajstić information content (AvgIpc) is 2.54. The van der Waals surface area contributed by atoms with Crippen molar-refractivity contribution >= 4 is 0 Å². The highest BCUT2D eigenvalue weighted by Crippen LogP contribution is 2.10. The number of aryl methyl sites for hydroxylation is 2. The van der Waals surface area contributed by atoms with E-state index in [1.54, 1.807) is 7.11 Å². The lowest BCUT2D eigenvalue weighted by Gasteiger charge is -2.21. The number of hydrogen-bond donors (Lipinski definition) is 2. The highest BCUT2D eigenvalue weighted by atomic mass is 16.5. The van der Waals surface area contributed by atoms with E-state index in [0.29, 0.717) is 12.0 Å². The number of methoxy groups -OCH3 is 1. The van der Waals surface area contributed by atoms with Crippen molar-refractivity contribution in [1.29, 1.82) is 0 Å². The van der Waals surface area contributed by atoms with Crippen molar-refractivity contribution in [2.24, 2.45) is 5.92 Å². The summed E-state index contributed by atoms with van der Waals surface area (Å²) in [6, 6.07) is 0.388. The van der Waals surface area contributed by atoms with Crippen LogP contribution in [-0.4, -0.2) is 30.0 Å². The van der Waals surface area contributed by atoms with Crippen LogP contribution in [0.4, 0.5) is 0 Å². The van der Waals surface area contributed by atoms with Crippen molar-refractivity contribution in [3.63, 3.8) is 0 Å². The van der Waals surface area contributed by atoms with Crippen LogP contribution in [0.25, 0.3) is 0 Å². The molecular weight excluding hydrogens is 202 g/mol. The van der Waals surface area contributed by atoms with E-state index in [1.165, 1.54) is 5.56 Å². The molecule has 92 valence electrons. The Kier molecular flexibility index (Phi) is 4.96. The van der Waals surface area contributed by atoms with Crippen molar-refractivity contribution in [1.82, 2.24) is 15.5 Å². The Balaban J connectivity index is 2.55. The lowest BCUT2D eigenvalue weighted by molar-refractivity contribution is 0.146. The number of aromatic amines is 1. The van der Waals surface area contributed by atoms with Crippen molar-refractivity contribution in [3.05, 3.63) is 17.0 Å². The molecule has 0 saturated heterocycles. The second-order valence-electron chi connectivity index (χ2n) is 4.60. The van der Waals surface area contributed by atoms with Crippen molar-refractivity contribution in [2.45, 2.75) is 40.3 Å². The zero-order valence-corrected chi connectivity index (χ0v) is 10.9. The van der Waals surface area contributed by atoms with Crippen molar-refractivity contribution in [2.75, 3.05) is 13.7 Å². The van der Waals surface area contributed by atoms with Gasteiger partial charge in [-0.2, -0.15) is 5.10 Å². The van der Waals surface area contributed by atoms with Crippen LogP contribution in [-0.2, 0) is 11.3 Å². The Morgan fingerprint density at radius 3 is 2.50 bits per heavy atom. The van der Waals surface area contributed by atoms with E-state index in [1.807, 2.05) is 6.92 Å². The quantitative estimate of drug-likeness (QED) is 0.776. The topological polar surface area (TPSA) is 49.9 Å². The monoisotopic (exact) mass is 225 g/mol. The second kappa shape index (κ2) is 6.01. The number of aromatic nitrogens is 2. The maximum atomic E-state index is 5.21. The molecule has 0 spiro atoms. The van der Waals surface area contributed by atoms with Gasteiger partial charge in [-0.1, -0.05) is 13.8 Å². The van der Waals surface area contributed by atoms with Gasteiger partial charge >= 0.3 is 0 Å². The van der Waals surface area contributed by atoms with Crippen molar-refractivity contribution < 1.29 is 4.74 Å². The SMILES string of the molecule is COCC(NCc1c(C)n[nH]c1C)C(C)C. The molecule has 4 heteroatoms. The first kappa shape index (κ1) is 13.2. The number of hydrogen-bond acceptors (Lipinski definition) is 3. The Hall–Kier alpha value is -0.870. The predicted octanol–water partition coefficient (Wildman–Crippen LogP) is 1.79. The molecule has 0 aliphatic rings.